The number of aromatic nitrogens is 3. The van der Waals surface area contributed by atoms with E-state index in [2.05, 4.69) is 10.3 Å². The highest BCUT2D eigenvalue weighted by Crippen LogP contribution is 2.37. The molecule has 0 spiro atoms. The summed E-state index contributed by atoms with van der Waals surface area (Å²) in [5, 5.41) is 7.87. The van der Waals surface area contributed by atoms with Crippen LogP contribution >= 0.6 is 0 Å². The molecule has 88 valence electrons. The Labute approximate surface area is 99.3 Å². The molecule has 1 saturated carbocycles. The SMILES string of the molecule is FC1(Cn2nncc2-c2ccccc2)CCC1. The van der Waals surface area contributed by atoms with Crippen molar-refractivity contribution in [1.82, 2.24) is 15.0 Å². The van der Waals surface area contributed by atoms with Gasteiger partial charge in [0.15, 0.2) is 0 Å². The second-order valence-electron chi connectivity index (χ2n) is 4.65. The van der Waals surface area contributed by atoms with Crippen LogP contribution in [-0.2, 0) is 6.54 Å². The highest BCUT2D eigenvalue weighted by molar-refractivity contribution is 5.57. The molecule has 4 heteroatoms. The molecule has 1 aromatic heterocycles. The number of hydrogen-bond donors (Lipinski definition) is 0. The number of benzene rings is 1. The van der Waals surface area contributed by atoms with Gasteiger partial charge in [0.1, 0.15) is 5.67 Å². The fourth-order valence-corrected chi connectivity index (χ4v) is 2.19. The van der Waals surface area contributed by atoms with Gasteiger partial charge in [-0.05, 0) is 19.3 Å². The summed E-state index contributed by atoms with van der Waals surface area (Å²) < 4.78 is 15.8. The fraction of sp³-hybridized carbons (Fsp3) is 0.385. The summed E-state index contributed by atoms with van der Waals surface area (Å²) in [6.07, 6.45) is 3.95. The van der Waals surface area contributed by atoms with E-state index in [1.807, 2.05) is 30.3 Å². The molecule has 3 nitrogen and oxygen atoms in total. The van der Waals surface area contributed by atoms with Crippen LogP contribution in [0.2, 0.25) is 0 Å². The van der Waals surface area contributed by atoms with Crippen LogP contribution in [0.1, 0.15) is 19.3 Å². The van der Waals surface area contributed by atoms with Crippen molar-refractivity contribution in [3.8, 4) is 11.3 Å². The minimum Gasteiger partial charge on any atom is -0.242 e. The van der Waals surface area contributed by atoms with Gasteiger partial charge >= 0.3 is 0 Å². The lowest BCUT2D eigenvalue weighted by Crippen LogP contribution is -2.37. The third kappa shape index (κ3) is 1.95. The molecule has 1 aliphatic rings. The van der Waals surface area contributed by atoms with Crippen molar-refractivity contribution in [2.45, 2.75) is 31.5 Å². The van der Waals surface area contributed by atoms with Gasteiger partial charge in [-0.25, -0.2) is 9.07 Å². The van der Waals surface area contributed by atoms with Gasteiger partial charge in [-0.1, -0.05) is 35.5 Å². The van der Waals surface area contributed by atoms with Gasteiger partial charge in [0.2, 0.25) is 0 Å². The lowest BCUT2D eigenvalue weighted by molar-refractivity contribution is 0.0404. The summed E-state index contributed by atoms with van der Waals surface area (Å²) in [6, 6.07) is 9.85. The summed E-state index contributed by atoms with van der Waals surface area (Å²) in [7, 11) is 0. The quantitative estimate of drug-likeness (QED) is 0.813. The highest BCUT2D eigenvalue weighted by atomic mass is 19.1. The van der Waals surface area contributed by atoms with Gasteiger partial charge in [-0.15, -0.1) is 5.10 Å². The molecule has 0 N–H and O–H groups in total. The Morgan fingerprint density at radius 2 is 2.00 bits per heavy atom. The van der Waals surface area contributed by atoms with E-state index in [-0.39, 0.29) is 0 Å². The second kappa shape index (κ2) is 3.95. The van der Waals surface area contributed by atoms with Crippen molar-refractivity contribution in [2.24, 2.45) is 0 Å². The van der Waals surface area contributed by atoms with Crippen LogP contribution in [-0.4, -0.2) is 20.7 Å². The molecule has 3 rings (SSSR count). The fourth-order valence-electron chi connectivity index (χ4n) is 2.19. The zero-order valence-electron chi connectivity index (χ0n) is 9.51. The second-order valence-corrected chi connectivity index (χ2v) is 4.65. The number of halogens is 1. The minimum absolute atomic E-state index is 0.317. The first-order chi connectivity index (χ1) is 8.27. The summed E-state index contributed by atoms with van der Waals surface area (Å²) in [5.74, 6) is 0. The van der Waals surface area contributed by atoms with Gasteiger partial charge in [-0.3, -0.25) is 0 Å². The molecule has 1 aromatic carbocycles. The average Bonchev–Trinajstić information content (AvgIpc) is 2.76. The molecule has 0 amide bonds. The Morgan fingerprint density at radius 1 is 1.24 bits per heavy atom. The van der Waals surface area contributed by atoms with Crippen molar-refractivity contribution in [3.05, 3.63) is 36.5 Å². The van der Waals surface area contributed by atoms with Gasteiger partial charge in [0.05, 0.1) is 18.4 Å². The predicted molar refractivity (Wildman–Crippen MR) is 63.1 cm³/mol. The van der Waals surface area contributed by atoms with E-state index in [1.54, 1.807) is 10.9 Å². The van der Waals surface area contributed by atoms with Crippen LogP contribution < -0.4 is 0 Å². The molecule has 17 heavy (non-hydrogen) atoms. The Morgan fingerprint density at radius 3 is 2.65 bits per heavy atom. The molecule has 0 radical (unpaired) electrons. The third-order valence-corrected chi connectivity index (χ3v) is 3.37. The van der Waals surface area contributed by atoms with E-state index in [9.17, 15) is 4.39 Å². The average molecular weight is 231 g/mol. The maximum absolute atomic E-state index is 14.1. The van der Waals surface area contributed by atoms with Gasteiger partial charge in [0, 0.05) is 5.56 Å². The van der Waals surface area contributed by atoms with Crippen LogP contribution in [0.5, 0.6) is 0 Å². The summed E-state index contributed by atoms with van der Waals surface area (Å²) in [5.41, 5.74) is 0.840. The first kappa shape index (κ1) is 10.4. The molecule has 0 saturated heterocycles. The predicted octanol–water partition coefficient (Wildman–Crippen LogP) is 2.84. The molecule has 1 fully saturated rings. The van der Waals surface area contributed by atoms with Crippen LogP contribution in [0.15, 0.2) is 36.5 Å². The first-order valence-electron chi connectivity index (χ1n) is 5.90. The van der Waals surface area contributed by atoms with Crippen molar-refractivity contribution in [3.63, 3.8) is 0 Å². The normalized spacial score (nSPS) is 17.7. The summed E-state index contributed by atoms with van der Waals surface area (Å²) >= 11 is 0. The van der Waals surface area contributed by atoms with Gasteiger partial charge < -0.3 is 0 Å². The maximum Gasteiger partial charge on any atom is 0.130 e. The summed E-state index contributed by atoms with van der Waals surface area (Å²) in [6.45, 7) is 0.317. The molecule has 0 bridgehead atoms. The van der Waals surface area contributed by atoms with E-state index in [0.29, 0.717) is 19.4 Å². The van der Waals surface area contributed by atoms with Crippen LogP contribution in [0.3, 0.4) is 0 Å². The molecule has 1 aliphatic carbocycles. The van der Waals surface area contributed by atoms with Crippen molar-refractivity contribution < 1.29 is 4.39 Å². The van der Waals surface area contributed by atoms with E-state index < -0.39 is 5.67 Å². The third-order valence-electron chi connectivity index (χ3n) is 3.37. The Hall–Kier alpha value is -1.71. The maximum atomic E-state index is 14.1. The molecular formula is C13H14FN3. The van der Waals surface area contributed by atoms with Crippen LogP contribution in [0.25, 0.3) is 11.3 Å². The number of rotatable bonds is 3. The molecule has 0 aliphatic heterocycles. The smallest absolute Gasteiger partial charge is 0.130 e. The Bertz CT molecular complexity index is 502. The number of hydrogen-bond acceptors (Lipinski definition) is 2. The first-order valence-corrected chi connectivity index (χ1v) is 5.90. The van der Waals surface area contributed by atoms with Crippen LogP contribution in [0.4, 0.5) is 4.39 Å². The van der Waals surface area contributed by atoms with Crippen molar-refractivity contribution >= 4 is 0 Å². The van der Waals surface area contributed by atoms with Crippen molar-refractivity contribution in [2.75, 3.05) is 0 Å². The monoisotopic (exact) mass is 231 g/mol. The lowest BCUT2D eigenvalue weighted by Gasteiger charge is -2.33. The number of nitrogens with zero attached hydrogens (tertiary/aromatic N) is 3. The molecule has 0 atom stereocenters. The lowest BCUT2D eigenvalue weighted by atomic mass is 9.82. The molecule has 1 heterocycles. The van der Waals surface area contributed by atoms with Crippen LogP contribution in [0, 0.1) is 0 Å². The van der Waals surface area contributed by atoms with Gasteiger partial charge in [0.25, 0.3) is 0 Å². The number of alkyl halides is 1. The minimum atomic E-state index is -1.07. The zero-order valence-corrected chi connectivity index (χ0v) is 9.51. The molecule has 2 aromatic rings. The van der Waals surface area contributed by atoms with E-state index in [4.69, 9.17) is 0 Å². The summed E-state index contributed by atoms with van der Waals surface area (Å²) in [4.78, 5) is 0. The molecule has 0 unspecified atom stereocenters. The Balaban J connectivity index is 1.89. The van der Waals surface area contributed by atoms with E-state index in [1.165, 1.54) is 0 Å². The van der Waals surface area contributed by atoms with Gasteiger partial charge in [-0.2, -0.15) is 0 Å². The van der Waals surface area contributed by atoms with E-state index >= 15 is 0 Å². The standard InChI is InChI=1S/C13H14FN3/c14-13(7-4-8-13)10-17-12(9-15-16-17)11-5-2-1-3-6-11/h1-3,5-6,9H,4,7-8,10H2. The Kier molecular flexibility index (Phi) is 2.42. The highest BCUT2D eigenvalue weighted by Gasteiger charge is 2.38. The van der Waals surface area contributed by atoms with Crippen molar-refractivity contribution in [1.29, 1.82) is 0 Å². The topological polar surface area (TPSA) is 30.7 Å². The largest absolute Gasteiger partial charge is 0.242 e. The van der Waals surface area contributed by atoms with E-state index in [0.717, 1.165) is 17.7 Å². The molecular weight excluding hydrogens is 217 g/mol. The zero-order chi connectivity index (χ0) is 11.7.